The molecule has 2 aromatic carbocycles. The van der Waals surface area contributed by atoms with Gasteiger partial charge in [0.2, 0.25) is 0 Å². The number of esters is 1. The van der Waals surface area contributed by atoms with Crippen molar-refractivity contribution >= 4 is 22.8 Å². The van der Waals surface area contributed by atoms with Crippen molar-refractivity contribution < 1.29 is 28.2 Å². The van der Waals surface area contributed by atoms with E-state index in [1.54, 1.807) is 12.1 Å². The van der Waals surface area contributed by atoms with Crippen LogP contribution >= 0.6 is 0 Å². The van der Waals surface area contributed by atoms with E-state index in [-0.39, 0.29) is 30.0 Å². The van der Waals surface area contributed by atoms with Crippen molar-refractivity contribution in [1.82, 2.24) is 5.32 Å². The zero-order chi connectivity index (χ0) is 22.9. The first-order valence-electron chi connectivity index (χ1n) is 10.3. The fraction of sp³-hybridized carbons (Fsp3) is 0.292. The van der Waals surface area contributed by atoms with E-state index in [1.165, 1.54) is 24.8 Å². The summed E-state index contributed by atoms with van der Waals surface area (Å²) in [5.74, 6) is -0.376. The van der Waals surface area contributed by atoms with Gasteiger partial charge in [-0.15, -0.1) is 0 Å². The fourth-order valence-corrected chi connectivity index (χ4v) is 3.02. The lowest BCUT2D eigenvalue weighted by Crippen LogP contribution is -2.30. The van der Waals surface area contributed by atoms with Gasteiger partial charge in [0.1, 0.15) is 22.6 Å². The summed E-state index contributed by atoms with van der Waals surface area (Å²) < 4.78 is 20.8. The molecule has 0 atom stereocenters. The molecule has 1 heterocycles. The molecule has 0 fully saturated rings. The van der Waals surface area contributed by atoms with Crippen LogP contribution in [0.15, 0.2) is 57.7 Å². The summed E-state index contributed by atoms with van der Waals surface area (Å²) in [5.41, 5.74) is 0.499. The van der Waals surface area contributed by atoms with Gasteiger partial charge in [0.25, 0.3) is 5.91 Å². The monoisotopic (exact) mass is 439 g/mol. The first-order valence-corrected chi connectivity index (χ1v) is 10.3. The van der Waals surface area contributed by atoms with E-state index in [9.17, 15) is 14.4 Å². The molecule has 1 amide bonds. The number of ether oxygens (including phenoxy) is 3. The highest BCUT2D eigenvalue weighted by Crippen LogP contribution is 2.21. The highest BCUT2D eigenvalue weighted by atomic mass is 16.6. The number of methoxy groups -OCH3 is 1. The van der Waals surface area contributed by atoms with E-state index >= 15 is 0 Å². The zero-order valence-corrected chi connectivity index (χ0v) is 18.0. The summed E-state index contributed by atoms with van der Waals surface area (Å²) in [7, 11) is 1.51. The summed E-state index contributed by atoms with van der Waals surface area (Å²) in [6.45, 7) is 2.44. The molecule has 8 heteroatoms. The van der Waals surface area contributed by atoms with Crippen molar-refractivity contribution in [3.8, 4) is 11.5 Å². The highest BCUT2D eigenvalue weighted by molar-refractivity contribution is 5.96. The molecule has 0 saturated carbocycles. The van der Waals surface area contributed by atoms with E-state index in [2.05, 4.69) is 12.2 Å². The number of fused-ring (bicyclic) bond motifs is 1. The van der Waals surface area contributed by atoms with Crippen LogP contribution in [0.4, 0.5) is 0 Å². The number of nitrogens with one attached hydrogen (secondary N) is 1. The summed E-state index contributed by atoms with van der Waals surface area (Å²) >= 11 is 0. The van der Waals surface area contributed by atoms with E-state index in [0.717, 1.165) is 12.8 Å². The molecule has 168 valence electrons. The van der Waals surface area contributed by atoms with Gasteiger partial charge < -0.3 is 23.9 Å². The summed E-state index contributed by atoms with van der Waals surface area (Å²) in [6, 6.07) is 13.5. The molecule has 3 aromatic rings. The lowest BCUT2D eigenvalue weighted by atomic mass is 10.1. The van der Waals surface area contributed by atoms with Gasteiger partial charge in [0.15, 0.2) is 6.61 Å². The third-order valence-corrected chi connectivity index (χ3v) is 4.59. The van der Waals surface area contributed by atoms with Gasteiger partial charge >= 0.3 is 11.6 Å². The average Bonchev–Trinajstić information content (AvgIpc) is 2.78. The van der Waals surface area contributed by atoms with Gasteiger partial charge in [0, 0.05) is 25.1 Å². The Morgan fingerprint density at radius 1 is 1.03 bits per heavy atom. The van der Waals surface area contributed by atoms with Crippen molar-refractivity contribution in [2.24, 2.45) is 0 Å². The van der Waals surface area contributed by atoms with Gasteiger partial charge in [-0.05, 0) is 42.3 Å². The number of hydrogen-bond donors (Lipinski definition) is 1. The lowest BCUT2D eigenvalue weighted by Gasteiger charge is -2.08. The predicted molar refractivity (Wildman–Crippen MR) is 118 cm³/mol. The maximum absolute atomic E-state index is 12.2. The number of aryl methyl sites for hydroxylation is 1. The van der Waals surface area contributed by atoms with E-state index < -0.39 is 17.5 Å². The Bertz CT molecular complexity index is 1140. The molecule has 0 spiro atoms. The SMILES string of the molecule is CCCc1ccc(OCC(=O)Oc2ccc3cc(C(=O)NCCOC)c(=O)oc3c2)cc1. The minimum absolute atomic E-state index is 0.114. The summed E-state index contributed by atoms with van der Waals surface area (Å²) in [4.78, 5) is 36.4. The van der Waals surface area contributed by atoms with Crippen molar-refractivity contribution in [2.75, 3.05) is 26.9 Å². The molecule has 0 bridgehead atoms. The molecule has 0 radical (unpaired) electrons. The van der Waals surface area contributed by atoms with Crippen LogP contribution in [-0.2, 0) is 16.0 Å². The van der Waals surface area contributed by atoms with Crippen molar-refractivity contribution in [3.63, 3.8) is 0 Å². The Labute approximate surface area is 185 Å². The second-order valence-corrected chi connectivity index (χ2v) is 7.05. The largest absolute Gasteiger partial charge is 0.482 e. The maximum Gasteiger partial charge on any atom is 0.349 e. The first-order chi connectivity index (χ1) is 15.5. The first kappa shape index (κ1) is 23.0. The number of hydrogen-bond acceptors (Lipinski definition) is 7. The van der Waals surface area contributed by atoms with Crippen molar-refractivity contribution in [1.29, 1.82) is 0 Å². The zero-order valence-electron chi connectivity index (χ0n) is 18.0. The smallest absolute Gasteiger partial charge is 0.349 e. The molecule has 1 N–H and O–H groups in total. The molecule has 8 nitrogen and oxygen atoms in total. The van der Waals surface area contributed by atoms with E-state index in [1.807, 2.05) is 24.3 Å². The Kier molecular flexibility index (Phi) is 7.99. The molecule has 0 saturated heterocycles. The standard InChI is InChI=1S/C24H25NO7/c1-3-4-16-5-8-18(9-6-16)30-15-22(26)31-19-10-7-17-13-20(23(27)25-11-12-29-2)24(28)32-21(17)14-19/h5-10,13-14H,3-4,11-12,15H2,1-2H3,(H,25,27). The molecule has 32 heavy (non-hydrogen) atoms. The highest BCUT2D eigenvalue weighted by Gasteiger charge is 2.14. The quantitative estimate of drug-likeness (QED) is 0.224. The lowest BCUT2D eigenvalue weighted by molar-refractivity contribution is -0.136. The van der Waals surface area contributed by atoms with Crippen LogP contribution in [0.5, 0.6) is 11.5 Å². The van der Waals surface area contributed by atoms with Crippen LogP contribution in [-0.4, -0.2) is 38.7 Å². The molecular weight excluding hydrogens is 414 g/mol. The van der Waals surface area contributed by atoms with Crippen LogP contribution in [0.25, 0.3) is 11.0 Å². The molecule has 0 aliphatic rings. The number of rotatable bonds is 10. The molecule has 3 rings (SSSR count). The topological polar surface area (TPSA) is 104 Å². The minimum atomic E-state index is -0.786. The molecule has 0 aliphatic heterocycles. The second kappa shape index (κ2) is 11.1. The Hall–Kier alpha value is -3.65. The third kappa shape index (κ3) is 6.18. The Morgan fingerprint density at radius 3 is 2.50 bits per heavy atom. The van der Waals surface area contributed by atoms with E-state index in [4.69, 9.17) is 18.6 Å². The third-order valence-electron chi connectivity index (χ3n) is 4.59. The van der Waals surface area contributed by atoms with Crippen molar-refractivity contribution in [2.45, 2.75) is 19.8 Å². The van der Waals surface area contributed by atoms with Gasteiger partial charge in [-0.25, -0.2) is 9.59 Å². The summed E-state index contributed by atoms with van der Waals surface area (Å²) in [6.07, 6.45) is 2.04. The van der Waals surface area contributed by atoms with Gasteiger partial charge in [-0.3, -0.25) is 4.79 Å². The molecule has 0 unspecified atom stereocenters. The van der Waals surface area contributed by atoms with Gasteiger partial charge in [0.05, 0.1) is 6.61 Å². The average molecular weight is 439 g/mol. The molecule has 0 aliphatic carbocycles. The van der Waals surface area contributed by atoms with Crippen LogP contribution in [0.3, 0.4) is 0 Å². The maximum atomic E-state index is 12.2. The van der Waals surface area contributed by atoms with Gasteiger partial charge in [-0.1, -0.05) is 25.5 Å². The van der Waals surface area contributed by atoms with E-state index in [0.29, 0.717) is 17.7 Å². The van der Waals surface area contributed by atoms with Crippen LogP contribution < -0.4 is 20.4 Å². The Morgan fingerprint density at radius 2 is 1.78 bits per heavy atom. The molecular formula is C24H25NO7. The van der Waals surface area contributed by atoms with Crippen LogP contribution in [0, 0.1) is 0 Å². The van der Waals surface area contributed by atoms with Gasteiger partial charge in [-0.2, -0.15) is 0 Å². The Balaban J connectivity index is 1.62. The fourth-order valence-electron chi connectivity index (χ4n) is 3.02. The second-order valence-electron chi connectivity index (χ2n) is 7.05. The van der Waals surface area contributed by atoms with Crippen molar-refractivity contribution in [3.05, 3.63) is 70.1 Å². The number of carbonyl (C=O) groups is 2. The van der Waals surface area contributed by atoms with Crippen LogP contribution in [0.1, 0.15) is 29.3 Å². The van der Waals surface area contributed by atoms with Crippen LogP contribution in [0.2, 0.25) is 0 Å². The predicted octanol–water partition coefficient (Wildman–Crippen LogP) is 3.11. The molecule has 1 aromatic heterocycles. The minimum Gasteiger partial charge on any atom is -0.482 e. The normalized spacial score (nSPS) is 10.7. The number of benzene rings is 2. The summed E-state index contributed by atoms with van der Waals surface area (Å²) in [5, 5.41) is 3.09. The number of carbonyl (C=O) groups excluding carboxylic acids is 2. The number of amides is 1.